The number of urea groups is 1. The van der Waals surface area contributed by atoms with Gasteiger partial charge >= 0.3 is 6.03 Å². The Morgan fingerprint density at radius 1 is 1.12 bits per heavy atom. The van der Waals surface area contributed by atoms with Gasteiger partial charge in [-0.2, -0.15) is 0 Å². The summed E-state index contributed by atoms with van der Waals surface area (Å²) in [4.78, 5) is 25.3. The molecule has 2 aromatic carbocycles. The molecule has 0 bridgehead atoms. The zero-order valence-corrected chi connectivity index (χ0v) is 13.8. The molecule has 24 heavy (non-hydrogen) atoms. The van der Waals surface area contributed by atoms with Crippen molar-refractivity contribution < 1.29 is 19.1 Å². The van der Waals surface area contributed by atoms with Crippen LogP contribution in [0.4, 0.5) is 4.79 Å². The summed E-state index contributed by atoms with van der Waals surface area (Å²) in [7, 11) is 3.16. The topological polar surface area (TPSA) is 67.9 Å². The molecular weight excluding hydrogens is 308 g/mol. The van der Waals surface area contributed by atoms with E-state index in [-0.39, 0.29) is 11.6 Å². The maximum absolute atomic E-state index is 12.3. The first-order valence-corrected chi connectivity index (χ1v) is 7.58. The monoisotopic (exact) mass is 326 g/mol. The molecule has 2 aromatic rings. The molecule has 0 saturated carbocycles. The largest absolute Gasteiger partial charge is 0.497 e. The molecular formula is C18H18N2O4. The fraction of sp³-hybridized carbons (Fsp3) is 0.222. The highest BCUT2D eigenvalue weighted by molar-refractivity contribution is 6.14. The summed E-state index contributed by atoms with van der Waals surface area (Å²) in [5.74, 6) is 0.970. The van der Waals surface area contributed by atoms with Crippen LogP contribution in [0.2, 0.25) is 0 Å². The number of hydrogen-bond acceptors (Lipinski definition) is 4. The van der Waals surface area contributed by atoms with Crippen LogP contribution in [0, 0.1) is 0 Å². The summed E-state index contributed by atoms with van der Waals surface area (Å²) in [6, 6.07) is 9.04. The van der Waals surface area contributed by atoms with Crippen molar-refractivity contribution >= 4 is 28.8 Å². The molecule has 6 heteroatoms. The molecule has 0 aliphatic carbocycles. The van der Waals surface area contributed by atoms with Crippen molar-refractivity contribution in [2.45, 2.75) is 6.92 Å². The number of nitrogens with zero attached hydrogens (tertiary/aromatic N) is 1. The number of rotatable bonds is 4. The normalized spacial score (nSPS) is 16.0. The molecule has 1 aliphatic heterocycles. The van der Waals surface area contributed by atoms with Crippen LogP contribution in [0.15, 0.2) is 36.0 Å². The molecule has 3 amide bonds. The van der Waals surface area contributed by atoms with Gasteiger partial charge in [0.15, 0.2) is 0 Å². The van der Waals surface area contributed by atoms with Crippen molar-refractivity contribution in [1.82, 2.24) is 10.2 Å². The Morgan fingerprint density at radius 2 is 1.88 bits per heavy atom. The molecule has 6 nitrogen and oxygen atoms in total. The van der Waals surface area contributed by atoms with Gasteiger partial charge in [-0.05, 0) is 42.0 Å². The van der Waals surface area contributed by atoms with Crippen molar-refractivity contribution in [3.63, 3.8) is 0 Å². The lowest BCUT2D eigenvalue weighted by Gasteiger charge is -2.11. The third kappa shape index (κ3) is 2.56. The Labute approximate surface area is 139 Å². The summed E-state index contributed by atoms with van der Waals surface area (Å²) in [6.45, 7) is 2.08. The van der Waals surface area contributed by atoms with Gasteiger partial charge in [0.1, 0.15) is 17.2 Å². The lowest BCUT2D eigenvalue weighted by molar-refractivity contribution is -0.122. The minimum absolute atomic E-state index is 0.232. The van der Waals surface area contributed by atoms with E-state index in [1.54, 1.807) is 27.2 Å². The van der Waals surface area contributed by atoms with Gasteiger partial charge in [0.2, 0.25) is 0 Å². The molecule has 124 valence electrons. The molecule has 1 fully saturated rings. The van der Waals surface area contributed by atoms with E-state index in [0.717, 1.165) is 21.2 Å². The lowest BCUT2D eigenvalue weighted by atomic mass is 10.0. The minimum atomic E-state index is -0.412. The smallest absolute Gasteiger partial charge is 0.328 e. The Kier molecular flexibility index (Phi) is 4.12. The van der Waals surface area contributed by atoms with Gasteiger partial charge in [-0.25, -0.2) is 4.79 Å². The quantitative estimate of drug-likeness (QED) is 0.693. The maximum atomic E-state index is 12.3. The number of carbonyl (C=O) groups is 2. The Hall–Kier alpha value is -3.02. The fourth-order valence-corrected chi connectivity index (χ4v) is 2.76. The molecule has 0 radical (unpaired) electrons. The van der Waals surface area contributed by atoms with Gasteiger partial charge in [-0.15, -0.1) is 0 Å². The molecule has 1 N–H and O–H groups in total. The zero-order chi connectivity index (χ0) is 17.3. The first kappa shape index (κ1) is 15.9. The zero-order valence-electron chi connectivity index (χ0n) is 13.8. The van der Waals surface area contributed by atoms with E-state index >= 15 is 0 Å². The second kappa shape index (κ2) is 6.23. The van der Waals surface area contributed by atoms with Crippen LogP contribution in [0.5, 0.6) is 11.5 Å². The molecule has 1 saturated heterocycles. The second-order valence-electron chi connectivity index (χ2n) is 5.31. The first-order chi connectivity index (χ1) is 11.6. The van der Waals surface area contributed by atoms with Crippen LogP contribution in [0.1, 0.15) is 12.5 Å². The van der Waals surface area contributed by atoms with Crippen molar-refractivity contribution in [1.29, 1.82) is 0 Å². The van der Waals surface area contributed by atoms with E-state index in [1.807, 2.05) is 30.3 Å². The van der Waals surface area contributed by atoms with Gasteiger partial charge in [0, 0.05) is 12.1 Å². The number of nitrogens with one attached hydrogen (secondary N) is 1. The van der Waals surface area contributed by atoms with Gasteiger partial charge in [0.25, 0.3) is 5.91 Å². The third-order valence-corrected chi connectivity index (χ3v) is 4.02. The highest BCUT2D eigenvalue weighted by atomic mass is 16.5. The van der Waals surface area contributed by atoms with Gasteiger partial charge in [0.05, 0.1) is 14.2 Å². The number of benzene rings is 2. The number of hydrogen-bond donors (Lipinski definition) is 1. The van der Waals surface area contributed by atoms with Crippen LogP contribution < -0.4 is 14.8 Å². The van der Waals surface area contributed by atoms with Gasteiger partial charge in [-0.3, -0.25) is 9.69 Å². The Balaban J connectivity index is 2.19. The number of ether oxygens (including phenoxy) is 2. The van der Waals surface area contributed by atoms with Crippen molar-refractivity contribution in [2.75, 3.05) is 20.8 Å². The highest BCUT2D eigenvalue weighted by Crippen LogP contribution is 2.33. The number of likely N-dealkylation sites (N-methyl/N-ethyl adjacent to an activating group) is 1. The van der Waals surface area contributed by atoms with E-state index in [0.29, 0.717) is 18.0 Å². The molecule has 3 rings (SSSR count). The highest BCUT2D eigenvalue weighted by Gasteiger charge is 2.32. The van der Waals surface area contributed by atoms with E-state index in [4.69, 9.17) is 9.47 Å². The molecule has 0 spiro atoms. The Bertz CT molecular complexity index is 852. The minimum Gasteiger partial charge on any atom is -0.497 e. The predicted molar refractivity (Wildman–Crippen MR) is 90.9 cm³/mol. The fourth-order valence-electron chi connectivity index (χ4n) is 2.76. The van der Waals surface area contributed by atoms with Crippen molar-refractivity contribution in [3.8, 4) is 11.5 Å². The summed E-state index contributed by atoms with van der Waals surface area (Å²) in [5, 5.41) is 4.46. The molecule has 1 heterocycles. The van der Waals surface area contributed by atoms with Crippen LogP contribution in [0.25, 0.3) is 16.8 Å². The summed E-state index contributed by atoms with van der Waals surface area (Å²) in [5.41, 5.74) is 0.950. The standard InChI is InChI=1S/C18H18N2O4/c1-4-20-17(21)15(19-18(20)22)10-14-13-9-12(23-2)7-5-11(13)6-8-16(14)24-3/h5-10H,4H2,1-3H3,(H,19,22)/b15-10+. The lowest BCUT2D eigenvalue weighted by Crippen LogP contribution is -2.30. The number of carbonyl (C=O) groups excluding carboxylic acids is 2. The summed E-state index contributed by atoms with van der Waals surface area (Å²) < 4.78 is 10.7. The number of imide groups is 1. The number of amides is 3. The maximum Gasteiger partial charge on any atom is 0.328 e. The van der Waals surface area contributed by atoms with Crippen LogP contribution in [0.3, 0.4) is 0 Å². The third-order valence-electron chi connectivity index (χ3n) is 4.02. The first-order valence-electron chi connectivity index (χ1n) is 7.58. The second-order valence-corrected chi connectivity index (χ2v) is 5.31. The number of methoxy groups -OCH3 is 2. The summed E-state index contributed by atoms with van der Waals surface area (Å²) >= 11 is 0. The predicted octanol–water partition coefficient (Wildman–Crippen LogP) is 2.77. The van der Waals surface area contributed by atoms with Crippen molar-refractivity contribution in [2.24, 2.45) is 0 Å². The van der Waals surface area contributed by atoms with Crippen molar-refractivity contribution in [3.05, 3.63) is 41.6 Å². The average Bonchev–Trinajstić information content (AvgIpc) is 2.87. The van der Waals surface area contributed by atoms with Crippen LogP contribution in [-0.2, 0) is 4.79 Å². The van der Waals surface area contributed by atoms with E-state index in [9.17, 15) is 9.59 Å². The molecule has 0 unspecified atom stereocenters. The molecule has 1 aliphatic rings. The van der Waals surface area contributed by atoms with Crippen LogP contribution in [-0.4, -0.2) is 37.6 Å². The SMILES string of the molecule is CCN1C(=O)N/C(=C/c2c(OC)ccc3ccc(OC)cc23)C1=O. The Morgan fingerprint density at radius 3 is 2.50 bits per heavy atom. The van der Waals surface area contributed by atoms with Gasteiger partial charge < -0.3 is 14.8 Å². The van der Waals surface area contributed by atoms with E-state index in [2.05, 4.69) is 5.32 Å². The summed E-state index contributed by atoms with van der Waals surface area (Å²) in [6.07, 6.45) is 1.65. The van der Waals surface area contributed by atoms with E-state index in [1.165, 1.54) is 0 Å². The van der Waals surface area contributed by atoms with Gasteiger partial charge in [-0.1, -0.05) is 12.1 Å². The molecule has 0 aromatic heterocycles. The molecule has 0 atom stereocenters. The van der Waals surface area contributed by atoms with Crippen LogP contribution >= 0.6 is 0 Å². The number of fused-ring (bicyclic) bond motifs is 1. The van der Waals surface area contributed by atoms with E-state index < -0.39 is 6.03 Å². The average molecular weight is 326 g/mol.